The largest absolute Gasteiger partial charge is 0.495 e. The van der Waals surface area contributed by atoms with Gasteiger partial charge in [0.25, 0.3) is 0 Å². The number of nitrogens with zero attached hydrogens (tertiary/aromatic N) is 1. The summed E-state index contributed by atoms with van der Waals surface area (Å²) in [5.41, 5.74) is 5.03. The number of thiophene rings is 1. The van der Waals surface area contributed by atoms with E-state index in [0.29, 0.717) is 0 Å². The molecule has 0 unspecified atom stereocenters. The van der Waals surface area contributed by atoms with Crippen LogP contribution < -0.4 is 5.46 Å². The summed E-state index contributed by atoms with van der Waals surface area (Å²) in [6.07, 6.45) is 3.72. The van der Waals surface area contributed by atoms with Gasteiger partial charge in [0.05, 0.1) is 11.2 Å². The molecule has 0 aliphatic carbocycles. The lowest BCUT2D eigenvalue weighted by Gasteiger charge is -2.32. The van der Waals surface area contributed by atoms with Crippen LogP contribution in [-0.4, -0.2) is 23.3 Å². The first kappa shape index (κ1) is 21.5. The maximum absolute atomic E-state index is 6.47. The lowest BCUT2D eigenvalue weighted by atomic mass is 9.75. The summed E-state index contributed by atoms with van der Waals surface area (Å²) >= 11 is 1.83. The van der Waals surface area contributed by atoms with Gasteiger partial charge in [-0.05, 0) is 73.4 Å². The zero-order chi connectivity index (χ0) is 23.5. The number of aromatic nitrogens is 1. The molecule has 0 atom stereocenters. The molecule has 34 heavy (non-hydrogen) atoms. The van der Waals surface area contributed by atoms with Crippen LogP contribution in [0.25, 0.3) is 42.4 Å². The van der Waals surface area contributed by atoms with Gasteiger partial charge >= 0.3 is 7.12 Å². The van der Waals surface area contributed by atoms with Gasteiger partial charge in [-0.2, -0.15) is 0 Å². The minimum Gasteiger partial charge on any atom is -0.399 e. The summed E-state index contributed by atoms with van der Waals surface area (Å²) in [5.74, 6) is 0. The first-order chi connectivity index (χ1) is 16.3. The van der Waals surface area contributed by atoms with Gasteiger partial charge in [0.2, 0.25) is 0 Å². The van der Waals surface area contributed by atoms with E-state index in [2.05, 4.69) is 99.4 Å². The van der Waals surface area contributed by atoms with E-state index in [4.69, 9.17) is 9.31 Å². The zero-order valence-electron chi connectivity index (χ0n) is 19.8. The van der Waals surface area contributed by atoms with Crippen molar-refractivity contribution in [3.05, 3.63) is 85.2 Å². The monoisotopic (exact) mass is 463 g/mol. The van der Waals surface area contributed by atoms with Crippen LogP contribution in [0.5, 0.6) is 0 Å². The Kier molecular flexibility index (Phi) is 4.92. The molecule has 0 bridgehead atoms. The third-order valence-corrected chi connectivity index (χ3v) is 8.44. The fraction of sp³-hybridized carbons (Fsp3) is 0.207. The van der Waals surface area contributed by atoms with E-state index in [1.54, 1.807) is 0 Å². The number of pyridine rings is 1. The molecular formula is C29H26BNO2S. The summed E-state index contributed by atoms with van der Waals surface area (Å²) in [6, 6.07) is 25.8. The Hall–Kier alpha value is -2.99. The summed E-state index contributed by atoms with van der Waals surface area (Å²) in [7, 11) is -0.402. The molecule has 3 aromatic carbocycles. The highest BCUT2D eigenvalue weighted by Crippen LogP contribution is 2.42. The van der Waals surface area contributed by atoms with Gasteiger partial charge in [0.15, 0.2) is 0 Å². The lowest BCUT2D eigenvalue weighted by molar-refractivity contribution is 0.00578. The van der Waals surface area contributed by atoms with Crippen LogP contribution in [0.4, 0.5) is 0 Å². The first-order valence-electron chi connectivity index (χ1n) is 11.6. The molecule has 2 aromatic heterocycles. The Labute approximate surface area is 204 Å². The molecule has 0 amide bonds. The normalized spacial score (nSPS) is 17.0. The standard InChI is InChI=1S/C29H26BNO2S/c1-28(2)29(3,4)33-30(32-28)24-15-14-22(27-26(24)23-12-5-6-13-25(23)34-27)20-10-7-9-19(17-20)21-11-8-16-31-18-21/h5-18H,1-4H3. The summed E-state index contributed by atoms with van der Waals surface area (Å²) in [6.45, 7) is 8.42. The third kappa shape index (κ3) is 3.39. The Morgan fingerprint density at radius 3 is 2.26 bits per heavy atom. The Balaban J connectivity index is 1.56. The predicted octanol–water partition coefficient (Wildman–Crippen LogP) is 7.08. The van der Waals surface area contributed by atoms with Crippen molar-refractivity contribution in [1.29, 1.82) is 0 Å². The van der Waals surface area contributed by atoms with Gasteiger partial charge in [-0.15, -0.1) is 11.3 Å². The lowest BCUT2D eigenvalue weighted by Crippen LogP contribution is -2.41. The van der Waals surface area contributed by atoms with Gasteiger partial charge in [0, 0.05) is 32.7 Å². The second-order valence-electron chi connectivity index (χ2n) is 9.92. The second kappa shape index (κ2) is 7.77. The van der Waals surface area contributed by atoms with Crippen LogP contribution in [-0.2, 0) is 9.31 Å². The van der Waals surface area contributed by atoms with Crippen LogP contribution in [0.3, 0.4) is 0 Å². The van der Waals surface area contributed by atoms with E-state index < -0.39 is 7.12 Å². The van der Waals surface area contributed by atoms with Crippen molar-refractivity contribution in [3.8, 4) is 22.3 Å². The van der Waals surface area contributed by atoms with Crippen LogP contribution in [0.15, 0.2) is 85.2 Å². The van der Waals surface area contributed by atoms with E-state index in [1.807, 2.05) is 29.8 Å². The minimum atomic E-state index is -0.402. The van der Waals surface area contributed by atoms with Gasteiger partial charge in [-0.3, -0.25) is 4.98 Å². The van der Waals surface area contributed by atoms with Crippen LogP contribution in [0, 0.1) is 0 Å². The SMILES string of the molecule is CC1(C)OB(c2ccc(-c3cccc(-c4cccnc4)c3)c3sc4ccccc4c23)OC1(C)C. The maximum Gasteiger partial charge on any atom is 0.495 e. The highest BCUT2D eigenvalue weighted by molar-refractivity contribution is 7.26. The molecule has 3 nitrogen and oxygen atoms in total. The topological polar surface area (TPSA) is 31.4 Å². The maximum atomic E-state index is 6.47. The van der Waals surface area contributed by atoms with Crippen molar-refractivity contribution < 1.29 is 9.31 Å². The van der Waals surface area contributed by atoms with Crippen molar-refractivity contribution in [2.45, 2.75) is 38.9 Å². The molecule has 1 fully saturated rings. The summed E-state index contributed by atoms with van der Waals surface area (Å²) in [4.78, 5) is 4.30. The van der Waals surface area contributed by atoms with E-state index in [9.17, 15) is 0 Å². The van der Waals surface area contributed by atoms with Gasteiger partial charge < -0.3 is 9.31 Å². The summed E-state index contributed by atoms with van der Waals surface area (Å²) < 4.78 is 15.5. The van der Waals surface area contributed by atoms with Crippen molar-refractivity contribution in [2.24, 2.45) is 0 Å². The third-order valence-electron chi connectivity index (χ3n) is 7.23. The number of rotatable bonds is 3. The molecule has 6 rings (SSSR count). The Morgan fingerprint density at radius 1 is 0.765 bits per heavy atom. The molecule has 0 saturated carbocycles. The average Bonchev–Trinajstić information content (AvgIpc) is 3.33. The van der Waals surface area contributed by atoms with E-state index in [1.165, 1.54) is 31.3 Å². The highest BCUT2D eigenvalue weighted by atomic mass is 32.1. The summed E-state index contributed by atoms with van der Waals surface area (Å²) in [5, 5.41) is 2.47. The Morgan fingerprint density at radius 2 is 1.50 bits per heavy atom. The molecule has 168 valence electrons. The fourth-order valence-electron chi connectivity index (χ4n) is 4.65. The zero-order valence-corrected chi connectivity index (χ0v) is 20.6. The van der Waals surface area contributed by atoms with Crippen LogP contribution in [0.2, 0.25) is 0 Å². The molecular weight excluding hydrogens is 437 g/mol. The minimum absolute atomic E-state index is 0.382. The molecule has 0 N–H and O–H groups in total. The molecule has 3 heterocycles. The van der Waals surface area contributed by atoms with Gasteiger partial charge in [-0.25, -0.2) is 0 Å². The molecule has 1 aliphatic heterocycles. The molecule has 0 spiro atoms. The number of hydrogen-bond donors (Lipinski definition) is 0. The van der Waals surface area contributed by atoms with E-state index in [-0.39, 0.29) is 11.2 Å². The van der Waals surface area contributed by atoms with Gasteiger partial charge in [0.1, 0.15) is 0 Å². The molecule has 5 aromatic rings. The van der Waals surface area contributed by atoms with Crippen molar-refractivity contribution in [3.63, 3.8) is 0 Å². The second-order valence-corrected chi connectivity index (χ2v) is 11.0. The van der Waals surface area contributed by atoms with E-state index >= 15 is 0 Å². The number of fused-ring (bicyclic) bond motifs is 3. The fourth-order valence-corrected chi connectivity index (χ4v) is 5.92. The van der Waals surface area contributed by atoms with Crippen LogP contribution in [0.1, 0.15) is 27.7 Å². The molecule has 0 radical (unpaired) electrons. The molecule has 5 heteroatoms. The van der Waals surface area contributed by atoms with Crippen LogP contribution >= 0.6 is 11.3 Å². The van der Waals surface area contributed by atoms with E-state index in [0.717, 1.165) is 16.6 Å². The van der Waals surface area contributed by atoms with Crippen molar-refractivity contribution >= 4 is 44.1 Å². The molecule has 1 aliphatic rings. The first-order valence-corrected chi connectivity index (χ1v) is 12.5. The smallest absolute Gasteiger partial charge is 0.399 e. The average molecular weight is 463 g/mol. The number of benzene rings is 3. The quantitative estimate of drug-likeness (QED) is 0.268. The highest BCUT2D eigenvalue weighted by Gasteiger charge is 2.52. The van der Waals surface area contributed by atoms with Crippen molar-refractivity contribution in [2.75, 3.05) is 0 Å². The Bertz CT molecular complexity index is 1510. The predicted molar refractivity (Wildman–Crippen MR) is 144 cm³/mol. The van der Waals surface area contributed by atoms with Gasteiger partial charge in [-0.1, -0.05) is 54.6 Å². The van der Waals surface area contributed by atoms with Crippen molar-refractivity contribution in [1.82, 2.24) is 4.98 Å². The number of hydrogen-bond acceptors (Lipinski definition) is 4. The molecule has 1 saturated heterocycles.